The molecule has 0 saturated carbocycles. The lowest BCUT2D eigenvalue weighted by Gasteiger charge is -2.37. The van der Waals surface area contributed by atoms with Crippen molar-refractivity contribution in [2.24, 2.45) is 0 Å². The summed E-state index contributed by atoms with van der Waals surface area (Å²) in [6.07, 6.45) is 3.37. The van der Waals surface area contributed by atoms with E-state index >= 15 is 0 Å². The van der Waals surface area contributed by atoms with E-state index in [1.54, 1.807) is 31.3 Å². The van der Waals surface area contributed by atoms with Gasteiger partial charge in [-0.3, -0.25) is 14.6 Å². The van der Waals surface area contributed by atoms with Gasteiger partial charge < -0.3 is 10.2 Å². The summed E-state index contributed by atoms with van der Waals surface area (Å²) in [6.45, 7) is 3.58. The van der Waals surface area contributed by atoms with Crippen molar-refractivity contribution in [3.05, 3.63) is 54.4 Å². The molecule has 3 rings (SSSR count). The van der Waals surface area contributed by atoms with Crippen LogP contribution in [0.3, 0.4) is 0 Å². The molecule has 1 N–H and O–H groups in total. The van der Waals surface area contributed by atoms with Gasteiger partial charge in [0.2, 0.25) is 5.91 Å². The van der Waals surface area contributed by atoms with E-state index in [-0.39, 0.29) is 17.9 Å². The Morgan fingerprint density at radius 1 is 1.25 bits per heavy atom. The fourth-order valence-corrected chi connectivity index (χ4v) is 4.00. The first-order valence-electron chi connectivity index (χ1n) is 7.70. The molecule has 2 atom stereocenters. The van der Waals surface area contributed by atoms with Crippen LogP contribution in [0.25, 0.3) is 0 Å². The zero-order chi connectivity index (χ0) is 17.3. The molecule has 124 valence electrons. The maximum absolute atomic E-state index is 12.9. The van der Waals surface area contributed by atoms with Crippen molar-refractivity contribution < 1.29 is 9.59 Å². The number of nitrogens with zero attached hydrogens (tertiary/aromatic N) is 2. The number of hydrogen-bond donors (Lipinski definition) is 1. The molecule has 0 saturated heterocycles. The minimum Gasteiger partial charge on any atom is -0.348 e. The second-order valence-corrected chi connectivity index (χ2v) is 7.40. The Kier molecular flexibility index (Phi) is 4.32. The number of aromatic nitrogens is 1. The number of benzene rings is 1. The van der Waals surface area contributed by atoms with Crippen LogP contribution in [-0.2, 0) is 9.59 Å². The van der Waals surface area contributed by atoms with E-state index in [0.717, 1.165) is 16.1 Å². The molecular weight excluding hydrogens is 322 g/mol. The van der Waals surface area contributed by atoms with E-state index < -0.39 is 4.75 Å². The predicted molar refractivity (Wildman–Crippen MR) is 94.9 cm³/mol. The fraction of sp³-hybridized carbons (Fsp3) is 0.278. The molecule has 1 aliphatic rings. The third kappa shape index (κ3) is 2.78. The van der Waals surface area contributed by atoms with Crippen LogP contribution in [0, 0.1) is 0 Å². The standard InChI is InChI=1S/C18H19N3O2S/c1-12(13-8-10-19-11-9-13)20-16(22)18(2)17(23)21(3)14-6-4-5-7-15(14)24-18/h4-12H,1-3H3,(H,20,22)/t12-,18-/m0/s1. The zero-order valence-corrected chi connectivity index (χ0v) is 14.6. The monoisotopic (exact) mass is 341 g/mol. The van der Waals surface area contributed by atoms with Crippen molar-refractivity contribution in [3.63, 3.8) is 0 Å². The Hall–Kier alpha value is -2.34. The quantitative estimate of drug-likeness (QED) is 0.872. The predicted octanol–water partition coefficient (Wildman–Crippen LogP) is 2.79. The summed E-state index contributed by atoms with van der Waals surface area (Å²) in [5.74, 6) is -0.506. The first-order valence-corrected chi connectivity index (χ1v) is 8.52. The summed E-state index contributed by atoms with van der Waals surface area (Å²) in [5.41, 5.74) is 1.78. The van der Waals surface area contributed by atoms with E-state index in [9.17, 15) is 9.59 Å². The number of nitrogens with one attached hydrogen (secondary N) is 1. The molecular formula is C18H19N3O2S. The van der Waals surface area contributed by atoms with Crippen molar-refractivity contribution in [1.82, 2.24) is 10.3 Å². The maximum atomic E-state index is 12.9. The highest BCUT2D eigenvalue weighted by Gasteiger charge is 2.48. The summed E-state index contributed by atoms with van der Waals surface area (Å²) in [7, 11) is 1.71. The van der Waals surface area contributed by atoms with E-state index in [1.807, 2.05) is 43.3 Å². The van der Waals surface area contributed by atoms with Gasteiger partial charge in [0.15, 0.2) is 4.75 Å². The van der Waals surface area contributed by atoms with Crippen molar-refractivity contribution in [2.75, 3.05) is 11.9 Å². The topological polar surface area (TPSA) is 62.3 Å². The summed E-state index contributed by atoms with van der Waals surface area (Å²) >= 11 is 1.30. The van der Waals surface area contributed by atoms with Crippen molar-refractivity contribution in [3.8, 4) is 0 Å². The minimum atomic E-state index is -1.19. The number of anilines is 1. The highest BCUT2D eigenvalue weighted by atomic mass is 32.2. The van der Waals surface area contributed by atoms with Gasteiger partial charge in [0.05, 0.1) is 11.7 Å². The lowest BCUT2D eigenvalue weighted by molar-refractivity contribution is -0.131. The van der Waals surface area contributed by atoms with E-state index in [2.05, 4.69) is 10.3 Å². The first-order chi connectivity index (χ1) is 11.4. The smallest absolute Gasteiger partial charge is 0.252 e. The fourth-order valence-electron chi connectivity index (χ4n) is 2.73. The summed E-state index contributed by atoms with van der Waals surface area (Å²) < 4.78 is -1.19. The molecule has 2 amide bonds. The molecule has 24 heavy (non-hydrogen) atoms. The Balaban J connectivity index is 1.85. The normalized spacial score (nSPS) is 21.1. The minimum absolute atomic E-state index is 0.201. The number of fused-ring (bicyclic) bond motifs is 1. The van der Waals surface area contributed by atoms with Gasteiger partial charge in [-0.05, 0) is 43.7 Å². The van der Waals surface area contributed by atoms with E-state index in [0.29, 0.717) is 0 Å². The van der Waals surface area contributed by atoms with Gasteiger partial charge in [-0.15, -0.1) is 0 Å². The van der Waals surface area contributed by atoms with Gasteiger partial charge >= 0.3 is 0 Å². The van der Waals surface area contributed by atoms with Crippen LogP contribution in [0.2, 0.25) is 0 Å². The molecule has 0 aliphatic carbocycles. The van der Waals surface area contributed by atoms with Gasteiger partial charge in [-0.2, -0.15) is 0 Å². The molecule has 6 heteroatoms. The number of amides is 2. The molecule has 1 aromatic heterocycles. The molecule has 1 aromatic carbocycles. The van der Waals surface area contributed by atoms with Gasteiger partial charge in [0, 0.05) is 24.3 Å². The highest BCUT2D eigenvalue weighted by Crippen LogP contribution is 2.44. The van der Waals surface area contributed by atoms with Crippen LogP contribution in [0.15, 0.2) is 53.7 Å². The third-order valence-electron chi connectivity index (χ3n) is 4.24. The summed E-state index contributed by atoms with van der Waals surface area (Å²) in [4.78, 5) is 32.1. The van der Waals surface area contributed by atoms with Crippen LogP contribution in [0.1, 0.15) is 25.5 Å². The second kappa shape index (κ2) is 6.28. The lowest BCUT2D eigenvalue weighted by Crippen LogP contribution is -2.55. The number of rotatable bonds is 3. The average Bonchev–Trinajstić information content (AvgIpc) is 2.60. The van der Waals surface area contributed by atoms with Crippen LogP contribution in [0.4, 0.5) is 5.69 Å². The second-order valence-electron chi connectivity index (χ2n) is 5.94. The van der Waals surface area contributed by atoms with Crippen LogP contribution in [0.5, 0.6) is 0 Å². The SMILES string of the molecule is C[C@H](NC(=O)[C@]1(C)Sc2ccccc2N(C)C1=O)c1ccncc1. The zero-order valence-electron chi connectivity index (χ0n) is 13.8. The molecule has 0 radical (unpaired) electrons. The number of thioether (sulfide) groups is 1. The lowest BCUT2D eigenvalue weighted by atomic mass is 10.1. The molecule has 2 heterocycles. The van der Waals surface area contributed by atoms with E-state index in [4.69, 9.17) is 0 Å². The largest absolute Gasteiger partial charge is 0.348 e. The molecule has 0 unspecified atom stereocenters. The van der Waals surface area contributed by atoms with Crippen LogP contribution >= 0.6 is 11.8 Å². The molecule has 5 nitrogen and oxygen atoms in total. The number of carbonyl (C=O) groups excluding carboxylic acids is 2. The number of hydrogen-bond acceptors (Lipinski definition) is 4. The van der Waals surface area contributed by atoms with Crippen molar-refractivity contribution >= 4 is 29.3 Å². The summed E-state index contributed by atoms with van der Waals surface area (Å²) in [6, 6.07) is 11.1. The number of carbonyl (C=O) groups is 2. The average molecular weight is 341 g/mol. The van der Waals surface area contributed by atoms with Gasteiger partial charge in [-0.25, -0.2) is 0 Å². The molecule has 2 aromatic rings. The number of para-hydroxylation sites is 1. The van der Waals surface area contributed by atoms with Crippen LogP contribution < -0.4 is 10.2 Å². The molecule has 0 fully saturated rings. The Labute approximate surface area is 145 Å². The number of pyridine rings is 1. The van der Waals surface area contributed by atoms with Gasteiger partial charge in [0.25, 0.3) is 5.91 Å². The Morgan fingerprint density at radius 3 is 2.62 bits per heavy atom. The van der Waals surface area contributed by atoms with Crippen LogP contribution in [-0.4, -0.2) is 28.6 Å². The Morgan fingerprint density at radius 2 is 1.92 bits per heavy atom. The molecule has 0 spiro atoms. The van der Waals surface area contributed by atoms with Gasteiger partial charge in [0.1, 0.15) is 0 Å². The Bertz CT molecular complexity index is 781. The van der Waals surface area contributed by atoms with E-state index in [1.165, 1.54) is 11.8 Å². The first kappa shape index (κ1) is 16.5. The van der Waals surface area contributed by atoms with Crippen molar-refractivity contribution in [1.29, 1.82) is 0 Å². The summed E-state index contributed by atoms with van der Waals surface area (Å²) in [5, 5.41) is 2.95. The van der Waals surface area contributed by atoms with Crippen molar-refractivity contribution in [2.45, 2.75) is 29.5 Å². The third-order valence-corrected chi connectivity index (χ3v) is 5.57. The van der Waals surface area contributed by atoms with Gasteiger partial charge in [-0.1, -0.05) is 23.9 Å². The molecule has 0 bridgehead atoms. The molecule has 1 aliphatic heterocycles. The highest BCUT2D eigenvalue weighted by molar-refractivity contribution is 8.02. The maximum Gasteiger partial charge on any atom is 0.252 e.